The van der Waals surface area contributed by atoms with Crippen LogP contribution in [0.1, 0.15) is 29.0 Å². The smallest absolute Gasteiger partial charge is 0.374 e. The molecule has 0 aromatic carbocycles. The summed E-state index contributed by atoms with van der Waals surface area (Å²) in [5.74, 6) is -0.549. The summed E-state index contributed by atoms with van der Waals surface area (Å²) in [6.07, 6.45) is 3.16. The number of carbonyl (C=O) groups excluding carboxylic acids is 2. The number of ether oxygens (including phenoxy) is 2. The molecule has 0 bridgehead atoms. The number of hydrogen-bond donors (Lipinski definition) is 0. The van der Waals surface area contributed by atoms with Gasteiger partial charge in [-0.3, -0.25) is 9.69 Å². The van der Waals surface area contributed by atoms with Crippen molar-refractivity contribution >= 4 is 11.9 Å². The second kappa shape index (κ2) is 5.88. The number of methoxy groups -OCH3 is 2. The predicted molar refractivity (Wildman–Crippen MR) is 65.5 cm³/mol. The minimum Gasteiger partial charge on any atom is -0.468 e. The van der Waals surface area contributed by atoms with Crippen molar-refractivity contribution in [1.82, 2.24) is 4.90 Å². The Hall–Kier alpha value is -1.82. The Morgan fingerprint density at radius 3 is 2.89 bits per heavy atom. The van der Waals surface area contributed by atoms with E-state index in [9.17, 15) is 9.59 Å². The fraction of sp³-hybridized carbons (Fsp3) is 0.538. The van der Waals surface area contributed by atoms with Gasteiger partial charge in [-0.15, -0.1) is 0 Å². The quantitative estimate of drug-likeness (QED) is 0.764. The average molecular weight is 267 g/mol. The summed E-state index contributed by atoms with van der Waals surface area (Å²) >= 11 is 0. The first-order valence-electron chi connectivity index (χ1n) is 6.14. The zero-order valence-electron chi connectivity index (χ0n) is 11.0. The molecule has 2 heterocycles. The van der Waals surface area contributed by atoms with Gasteiger partial charge in [-0.2, -0.15) is 0 Å². The molecule has 1 aliphatic rings. The lowest BCUT2D eigenvalue weighted by atomic mass is 10.2. The molecular weight excluding hydrogens is 250 g/mol. The van der Waals surface area contributed by atoms with E-state index in [1.165, 1.54) is 20.5 Å². The lowest BCUT2D eigenvalue weighted by Crippen LogP contribution is -2.36. The number of rotatable bonds is 4. The van der Waals surface area contributed by atoms with Crippen molar-refractivity contribution in [3.63, 3.8) is 0 Å². The van der Waals surface area contributed by atoms with Crippen LogP contribution in [0.2, 0.25) is 0 Å². The predicted octanol–water partition coefficient (Wildman–Crippen LogP) is 1.20. The van der Waals surface area contributed by atoms with Crippen molar-refractivity contribution in [2.75, 3.05) is 20.8 Å². The van der Waals surface area contributed by atoms with Crippen molar-refractivity contribution in [1.29, 1.82) is 0 Å². The van der Waals surface area contributed by atoms with Gasteiger partial charge in [-0.05, 0) is 25.5 Å². The molecule has 0 N–H and O–H groups in total. The van der Waals surface area contributed by atoms with Gasteiger partial charge >= 0.3 is 11.9 Å². The van der Waals surface area contributed by atoms with Crippen LogP contribution >= 0.6 is 0 Å². The molecule has 1 atom stereocenters. The molecule has 1 fully saturated rings. The molecule has 0 spiro atoms. The van der Waals surface area contributed by atoms with E-state index in [4.69, 9.17) is 9.15 Å². The first kappa shape index (κ1) is 13.6. The van der Waals surface area contributed by atoms with E-state index in [1.54, 1.807) is 6.07 Å². The highest BCUT2D eigenvalue weighted by Gasteiger charge is 2.32. The number of esters is 2. The van der Waals surface area contributed by atoms with Gasteiger partial charge in [0, 0.05) is 12.1 Å². The molecule has 2 rings (SSSR count). The van der Waals surface area contributed by atoms with Gasteiger partial charge < -0.3 is 13.9 Å². The Morgan fingerprint density at radius 2 is 2.21 bits per heavy atom. The van der Waals surface area contributed by atoms with E-state index in [2.05, 4.69) is 4.74 Å². The lowest BCUT2D eigenvalue weighted by molar-refractivity contribution is -0.146. The molecule has 1 aromatic rings. The van der Waals surface area contributed by atoms with Crippen LogP contribution < -0.4 is 0 Å². The van der Waals surface area contributed by atoms with Crippen LogP contribution in [0.4, 0.5) is 0 Å². The van der Waals surface area contributed by atoms with Gasteiger partial charge in [0.15, 0.2) is 0 Å². The van der Waals surface area contributed by atoms with Crippen LogP contribution in [0.25, 0.3) is 0 Å². The second-order valence-electron chi connectivity index (χ2n) is 4.42. The molecule has 6 nitrogen and oxygen atoms in total. The zero-order valence-corrected chi connectivity index (χ0v) is 11.0. The minimum absolute atomic E-state index is 0.193. The summed E-state index contributed by atoms with van der Waals surface area (Å²) < 4.78 is 14.6. The standard InChI is InChI=1S/C13H17NO5/c1-17-12(15)10-4-3-6-14(10)8-9-5-7-19-11(9)13(16)18-2/h5,7,10H,3-4,6,8H2,1-2H3. The molecule has 0 aliphatic carbocycles. The fourth-order valence-corrected chi connectivity index (χ4v) is 2.37. The van der Waals surface area contributed by atoms with E-state index >= 15 is 0 Å². The molecule has 0 saturated carbocycles. The van der Waals surface area contributed by atoms with Crippen molar-refractivity contribution in [2.45, 2.75) is 25.4 Å². The Kier molecular flexibility index (Phi) is 4.21. The van der Waals surface area contributed by atoms with Gasteiger partial charge in [0.05, 0.1) is 20.5 Å². The number of carbonyl (C=O) groups is 2. The van der Waals surface area contributed by atoms with Gasteiger partial charge in [-0.25, -0.2) is 4.79 Å². The maximum absolute atomic E-state index is 11.6. The van der Waals surface area contributed by atoms with E-state index < -0.39 is 5.97 Å². The highest BCUT2D eigenvalue weighted by atomic mass is 16.5. The van der Waals surface area contributed by atoms with Crippen molar-refractivity contribution in [3.8, 4) is 0 Å². The summed E-state index contributed by atoms with van der Waals surface area (Å²) in [7, 11) is 2.69. The molecule has 6 heteroatoms. The van der Waals surface area contributed by atoms with Gasteiger partial charge in [0.1, 0.15) is 6.04 Å². The third-order valence-corrected chi connectivity index (χ3v) is 3.33. The van der Waals surface area contributed by atoms with Gasteiger partial charge in [0.2, 0.25) is 5.76 Å². The number of furan rings is 1. The highest BCUT2D eigenvalue weighted by Crippen LogP contribution is 2.23. The van der Waals surface area contributed by atoms with Crippen molar-refractivity contribution < 1.29 is 23.5 Å². The number of hydrogen-bond acceptors (Lipinski definition) is 6. The SMILES string of the molecule is COC(=O)c1occc1CN1CCCC1C(=O)OC. The normalized spacial score (nSPS) is 19.4. The largest absolute Gasteiger partial charge is 0.468 e. The topological polar surface area (TPSA) is 69.0 Å². The van der Waals surface area contributed by atoms with Crippen LogP contribution in [-0.2, 0) is 20.8 Å². The van der Waals surface area contributed by atoms with E-state index in [-0.39, 0.29) is 17.8 Å². The molecule has 1 aromatic heterocycles. The van der Waals surface area contributed by atoms with Crippen LogP contribution in [0, 0.1) is 0 Å². The summed E-state index contributed by atoms with van der Waals surface area (Å²) in [4.78, 5) is 25.2. The van der Waals surface area contributed by atoms with Crippen molar-refractivity contribution in [2.24, 2.45) is 0 Å². The summed E-state index contributed by atoms with van der Waals surface area (Å²) in [5.41, 5.74) is 0.725. The molecule has 1 unspecified atom stereocenters. The fourth-order valence-electron chi connectivity index (χ4n) is 2.37. The number of likely N-dealkylation sites (tertiary alicyclic amines) is 1. The Morgan fingerprint density at radius 1 is 1.42 bits per heavy atom. The summed E-state index contributed by atoms with van der Waals surface area (Å²) in [6, 6.07) is 1.48. The number of nitrogens with zero attached hydrogens (tertiary/aromatic N) is 1. The second-order valence-corrected chi connectivity index (χ2v) is 4.42. The zero-order chi connectivity index (χ0) is 13.8. The maximum Gasteiger partial charge on any atom is 0.374 e. The first-order valence-corrected chi connectivity index (χ1v) is 6.14. The Bertz CT molecular complexity index is 467. The molecule has 19 heavy (non-hydrogen) atoms. The third kappa shape index (κ3) is 2.78. The van der Waals surface area contributed by atoms with Gasteiger partial charge in [-0.1, -0.05) is 0 Å². The first-order chi connectivity index (χ1) is 9.17. The summed E-state index contributed by atoms with van der Waals surface area (Å²) in [5, 5.41) is 0. The average Bonchev–Trinajstić information content (AvgIpc) is 3.06. The highest BCUT2D eigenvalue weighted by molar-refractivity contribution is 5.87. The van der Waals surface area contributed by atoms with Crippen LogP contribution in [0.15, 0.2) is 16.7 Å². The van der Waals surface area contributed by atoms with Crippen LogP contribution in [0.5, 0.6) is 0 Å². The van der Waals surface area contributed by atoms with E-state index in [0.29, 0.717) is 6.54 Å². The monoisotopic (exact) mass is 267 g/mol. The molecule has 0 radical (unpaired) electrons. The Balaban J connectivity index is 2.10. The Labute approximate surface area is 111 Å². The minimum atomic E-state index is -0.506. The van der Waals surface area contributed by atoms with Gasteiger partial charge in [0.25, 0.3) is 0 Å². The van der Waals surface area contributed by atoms with Crippen molar-refractivity contribution in [3.05, 3.63) is 23.7 Å². The summed E-state index contributed by atoms with van der Waals surface area (Å²) in [6.45, 7) is 1.27. The molecule has 1 aliphatic heterocycles. The van der Waals surface area contributed by atoms with Crippen LogP contribution in [0.3, 0.4) is 0 Å². The lowest BCUT2D eigenvalue weighted by Gasteiger charge is -2.21. The molecule has 0 amide bonds. The maximum atomic E-state index is 11.6. The molecule has 104 valence electrons. The third-order valence-electron chi connectivity index (χ3n) is 3.33. The molecule has 1 saturated heterocycles. The van der Waals surface area contributed by atoms with E-state index in [0.717, 1.165) is 24.9 Å². The molecular formula is C13H17NO5. The van der Waals surface area contributed by atoms with Crippen LogP contribution in [-0.4, -0.2) is 43.6 Å². The van der Waals surface area contributed by atoms with E-state index in [1.807, 2.05) is 4.90 Å².